The summed E-state index contributed by atoms with van der Waals surface area (Å²) < 4.78 is 38.7. The summed E-state index contributed by atoms with van der Waals surface area (Å²) in [5.74, 6) is -0.579. The van der Waals surface area contributed by atoms with Gasteiger partial charge in [0.25, 0.3) is 0 Å². The van der Waals surface area contributed by atoms with E-state index in [1.165, 1.54) is 28.4 Å². The number of amides is 1. The van der Waals surface area contributed by atoms with Crippen molar-refractivity contribution in [2.24, 2.45) is 0 Å². The lowest BCUT2D eigenvalue weighted by Gasteiger charge is -2.17. The Labute approximate surface area is 151 Å². The van der Waals surface area contributed by atoms with E-state index in [4.69, 9.17) is 0 Å². The van der Waals surface area contributed by atoms with Gasteiger partial charge in [0.05, 0.1) is 4.90 Å². The highest BCUT2D eigenvalue weighted by Gasteiger charge is 2.20. The molecule has 0 spiro atoms. The van der Waals surface area contributed by atoms with Gasteiger partial charge in [-0.3, -0.25) is 4.79 Å². The molecule has 136 valence electrons. The Bertz CT molecular complexity index is 775. The highest BCUT2D eigenvalue weighted by Crippen LogP contribution is 2.15. The van der Waals surface area contributed by atoms with Crippen molar-refractivity contribution in [2.45, 2.75) is 24.2 Å². The standard InChI is InChI=1S/C17H21FN2O3S2/c1-20(25(22,23)16-8-6-14(18)7-9-16)12-2-5-17(21)19-11-10-15-4-3-13-24-15/h3-4,6-9,13H,2,5,10-12H2,1H3,(H,19,21). The molecule has 0 aliphatic rings. The maximum Gasteiger partial charge on any atom is 0.242 e. The minimum absolute atomic E-state index is 0.0387. The zero-order valence-electron chi connectivity index (χ0n) is 13.9. The lowest BCUT2D eigenvalue weighted by atomic mass is 10.3. The molecule has 8 heteroatoms. The minimum Gasteiger partial charge on any atom is -0.356 e. The second kappa shape index (κ2) is 9.07. The van der Waals surface area contributed by atoms with Crippen LogP contribution in [0.4, 0.5) is 4.39 Å². The van der Waals surface area contributed by atoms with Gasteiger partial charge >= 0.3 is 0 Å². The van der Waals surface area contributed by atoms with Gasteiger partial charge in [0.1, 0.15) is 5.82 Å². The van der Waals surface area contributed by atoms with E-state index in [1.807, 2.05) is 17.5 Å². The number of nitrogens with zero attached hydrogens (tertiary/aromatic N) is 1. The van der Waals surface area contributed by atoms with E-state index >= 15 is 0 Å². The number of hydrogen-bond donors (Lipinski definition) is 1. The van der Waals surface area contributed by atoms with Crippen LogP contribution in [0, 0.1) is 5.82 Å². The van der Waals surface area contributed by atoms with Crippen LogP contribution in [0.3, 0.4) is 0 Å². The molecule has 2 rings (SSSR count). The summed E-state index contributed by atoms with van der Waals surface area (Å²) in [7, 11) is -2.21. The van der Waals surface area contributed by atoms with Gasteiger partial charge in [-0.1, -0.05) is 6.07 Å². The fraction of sp³-hybridized carbons (Fsp3) is 0.353. The quantitative estimate of drug-likeness (QED) is 0.723. The van der Waals surface area contributed by atoms with Gasteiger partial charge in [-0.05, 0) is 48.6 Å². The maximum atomic E-state index is 12.9. The number of halogens is 1. The molecule has 1 N–H and O–H groups in total. The summed E-state index contributed by atoms with van der Waals surface area (Å²) in [6.07, 6.45) is 1.47. The average molecular weight is 384 g/mol. The fourth-order valence-electron chi connectivity index (χ4n) is 2.24. The van der Waals surface area contributed by atoms with Gasteiger partial charge in [-0.2, -0.15) is 0 Å². The Morgan fingerprint density at radius 3 is 2.60 bits per heavy atom. The predicted molar refractivity (Wildman–Crippen MR) is 96.5 cm³/mol. The molecular weight excluding hydrogens is 363 g/mol. The van der Waals surface area contributed by atoms with E-state index in [-0.39, 0.29) is 23.8 Å². The van der Waals surface area contributed by atoms with Crippen molar-refractivity contribution < 1.29 is 17.6 Å². The van der Waals surface area contributed by atoms with Crippen LogP contribution < -0.4 is 5.32 Å². The van der Waals surface area contributed by atoms with E-state index in [2.05, 4.69) is 5.32 Å². The van der Waals surface area contributed by atoms with Crippen molar-refractivity contribution in [1.29, 1.82) is 0 Å². The third kappa shape index (κ3) is 5.91. The van der Waals surface area contributed by atoms with E-state index < -0.39 is 15.8 Å². The number of rotatable bonds is 9. The van der Waals surface area contributed by atoms with Gasteiger partial charge in [-0.15, -0.1) is 11.3 Å². The average Bonchev–Trinajstić information content (AvgIpc) is 3.08. The molecule has 0 saturated carbocycles. The monoisotopic (exact) mass is 384 g/mol. The van der Waals surface area contributed by atoms with E-state index in [0.29, 0.717) is 13.0 Å². The molecule has 0 fully saturated rings. The first kappa shape index (κ1) is 19.6. The summed E-state index contributed by atoms with van der Waals surface area (Å²) in [6, 6.07) is 8.69. The second-order valence-electron chi connectivity index (χ2n) is 5.56. The van der Waals surface area contributed by atoms with Crippen LogP contribution >= 0.6 is 11.3 Å². The first-order valence-corrected chi connectivity index (χ1v) is 10.2. The molecule has 1 aromatic heterocycles. The third-order valence-electron chi connectivity index (χ3n) is 3.67. The zero-order chi connectivity index (χ0) is 18.3. The van der Waals surface area contributed by atoms with Crippen molar-refractivity contribution in [3.63, 3.8) is 0 Å². The SMILES string of the molecule is CN(CCCC(=O)NCCc1cccs1)S(=O)(=O)c1ccc(F)cc1. The van der Waals surface area contributed by atoms with Crippen LogP contribution in [-0.4, -0.2) is 38.8 Å². The molecule has 25 heavy (non-hydrogen) atoms. The van der Waals surface area contributed by atoms with E-state index in [1.54, 1.807) is 11.3 Å². The van der Waals surface area contributed by atoms with Crippen molar-refractivity contribution in [2.75, 3.05) is 20.1 Å². The van der Waals surface area contributed by atoms with E-state index in [0.717, 1.165) is 18.6 Å². The normalized spacial score (nSPS) is 11.6. The van der Waals surface area contributed by atoms with Crippen LogP contribution in [0.5, 0.6) is 0 Å². The Hall–Kier alpha value is -1.77. The first-order chi connectivity index (χ1) is 11.9. The molecule has 1 amide bonds. The number of nitrogens with one attached hydrogen (secondary N) is 1. The summed E-state index contributed by atoms with van der Waals surface area (Å²) >= 11 is 1.65. The van der Waals surface area contributed by atoms with Gasteiger partial charge < -0.3 is 5.32 Å². The van der Waals surface area contributed by atoms with Gasteiger partial charge in [0.15, 0.2) is 0 Å². The largest absolute Gasteiger partial charge is 0.356 e. The van der Waals surface area contributed by atoms with Crippen LogP contribution in [0.1, 0.15) is 17.7 Å². The summed E-state index contributed by atoms with van der Waals surface area (Å²) in [4.78, 5) is 13.0. The summed E-state index contributed by atoms with van der Waals surface area (Å²) in [6.45, 7) is 0.793. The minimum atomic E-state index is -3.66. The van der Waals surface area contributed by atoms with Crippen LogP contribution in [0.25, 0.3) is 0 Å². The lowest BCUT2D eigenvalue weighted by molar-refractivity contribution is -0.121. The first-order valence-electron chi connectivity index (χ1n) is 7.90. The zero-order valence-corrected chi connectivity index (χ0v) is 15.6. The Morgan fingerprint density at radius 2 is 1.96 bits per heavy atom. The van der Waals surface area contributed by atoms with Crippen LogP contribution in [-0.2, 0) is 21.2 Å². The Kier molecular flexibility index (Phi) is 7.10. The fourth-order valence-corrected chi connectivity index (χ4v) is 4.16. The van der Waals surface area contributed by atoms with Crippen molar-refractivity contribution >= 4 is 27.3 Å². The summed E-state index contributed by atoms with van der Waals surface area (Å²) in [5, 5.41) is 4.82. The predicted octanol–water partition coefficient (Wildman–Crippen LogP) is 2.65. The lowest BCUT2D eigenvalue weighted by Crippen LogP contribution is -2.30. The van der Waals surface area contributed by atoms with Crippen molar-refractivity contribution in [1.82, 2.24) is 9.62 Å². The molecular formula is C17H21FN2O3S2. The molecule has 0 saturated heterocycles. The number of hydrogen-bond acceptors (Lipinski definition) is 4. The van der Waals surface area contributed by atoms with Gasteiger partial charge in [0.2, 0.25) is 15.9 Å². The maximum absolute atomic E-state index is 12.9. The molecule has 2 aromatic rings. The molecule has 0 unspecified atom stereocenters. The number of benzene rings is 1. The third-order valence-corrected chi connectivity index (χ3v) is 6.48. The smallest absolute Gasteiger partial charge is 0.242 e. The van der Waals surface area contributed by atoms with Crippen LogP contribution in [0.2, 0.25) is 0 Å². The summed E-state index contributed by atoms with van der Waals surface area (Å²) in [5.41, 5.74) is 0. The second-order valence-corrected chi connectivity index (χ2v) is 8.64. The van der Waals surface area contributed by atoms with Gasteiger partial charge in [0, 0.05) is 31.4 Å². The van der Waals surface area contributed by atoms with Crippen molar-refractivity contribution in [3.05, 3.63) is 52.5 Å². The molecule has 5 nitrogen and oxygen atoms in total. The molecule has 0 aliphatic carbocycles. The van der Waals surface area contributed by atoms with Crippen molar-refractivity contribution in [3.8, 4) is 0 Å². The molecule has 1 heterocycles. The molecule has 0 atom stereocenters. The Balaban J connectivity index is 1.72. The highest BCUT2D eigenvalue weighted by atomic mass is 32.2. The number of sulfonamides is 1. The van der Waals surface area contributed by atoms with Crippen LogP contribution in [0.15, 0.2) is 46.7 Å². The molecule has 0 aliphatic heterocycles. The Morgan fingerprint density at radius 1 is 1.24 bits per heavy atom. The number of carbonyl (C=O) groups excluding carboxylic acids is 1. The molecule has 1 aromatic carbocycles. The topological polar surface area (TPSA) is 66.5 Å². The molecule has 0 radical (unpaired) electrons. The number of carbonyl (C=O) groups is 1. The van der Waals surface area contributed by atoms with Gasteiger partial charge in [-0.25, -0.2) is 17.1 Å². The number of thiophene rings is 1. The van der Waals surface area contributed by atoms with E-state index in [9.17, 15) is 17.6 Å². The highest BCUT2D eigenvalue weighted by molar-refractivity contribution is 7.89. The molecule has 0 bridgehead atoms.